The zero-order valence-electron chi connectivity index (χ0n) is 9.15. The molecule has 0 bridgehead atoms. The summed E-state index contributed by atoms with van der Waals surface area (Å²) in [5.74, 6) is -1.42. The van der Waals surface area contributed by atoms with E-state index in [1.54, 1.807) is 12.2 Å². The van der Waals surface area contributed by atoms with Gasteiger partial charge in [0.25, 0.3) is 0 Å². The van der Waals surface area contributed by atoms with E-state index in [1.807, 2.05) is 12.2 Å². The molecule has 0 saturated carbocycles. The third-order valence-electron chi connectivity index (χ3n) is 2.88. The number of nitrogens with two attached hydrogens (primary N) is 1. The van der Waals surface area contributed by atoms with E-state index in [0.717, 1.165) is 25.7 Å². The third-order valence-corrected chi connectivity index (χ3v) is 2.88. The highest BCUT2D eigenvalue weighted by atomic mass is 16.4. The lowest BCUT2D eigenvalue weighted by Gasteiger charge is -2.32. The predicted octanol–water partition coefficient (Wildman–Crippen LogP) is 2.09. The van der Waals surface area contributed by atoms with Crippen LogP contribution in [0, 0.1) is 5.92 Å². The lowest BCUT2D eigenvalue weighted by molar-refractivity contribution is -0.141. The van der Waals surface area contributed by atoms with Crippen molar-refractivity contribution >= 4 is 5.97 Å². The Hall–Kier alpha value is -1.09. The van der Waals surface area contributed by atoms with Crippen molar-refractivity contribution in [1.29, 1.82) is 0 Å². The second kappa shape index (κ2) is 5.12. The molecular formula is C12H19NO2. The Labute approximate surface area is 90.7 Å². The van der Waals surface area contributed by atoms with Gasteiger partial charge in [0.05, 0.1) is 11.5 Å². The molecule has 15 heavy (non-hydrogen) atoms. The Morgan fingerprint density at radius 2 is 2.20 bits per heavy atom. The van der Waals surface area contributed by atoms with Gasteiger partial charge < -0.3 is 10.8 Å². The lowest BCUT2D eigenvalue weighted by atomic mass is 9.78. The molecule has 1 rings (SSSR count). The number of rotatable bonds is 5. The van der Waals surface area contributed by atoms with Crippen LogP contribution in [0.25, 0.3) is 0 Å². The number of aliphatic carboxylic acids is 1. The van der Waals surface area contributed by atoms with E-state index >= 15 is 0 Å². The maximum Gasteiger partial charge on any atom is 0.312 e. The fraction of sp³-hybridized carbons (Fsp3) is 0.583. The standard InChI is InChI=1S/C12H19NO2/c1-2-3-5-8-12(13)9-6-4-7-10(12)11(14)15/h4,6-7,9-10H,2-3,5,8,13H2,1H3,(H,14,15). The molecule has 0 amide bonds. The third kappa shape index (κ3) is 2.93. The lowest BCUT2D eigenvalue weighted by Crippen LogP contribution is -2.48. The van der Waals surface area contributed by atoms with Crippen LogP contribution < -0.4 is 5.73 Å². The van der Waals surface area contributed by atoms with E-state index < -0.39 is 17.4 Å². The molecule has 1 aliphatic carbocycles. The fourth-order valence-electron chi connectivity index (χ4n) is 1.93. The molecule has 3 heteroatoms. The number of unbranched alkanes of at least 4 members (excludes halogenated alkanes) is 2. The Morgan fingerprint density at radius 3 is 2.80 bits per heavy atom. The summed E-state index contributed by atoms with van der Waals surface area (Å²) in [6, 6.07) is 0. The quantitative estimate of drug-likeness (QED) is 0.681. The van der Waals surface area contributed by atoms with Crippen LogP contribution in [0.5, 0.6) is 0 Å². The predicted molar refractivity (Wildman–Crippen MR) is 60.5 cm³/mol. The molecule has 0 aliphatic heterocycles. The molecule has 2 atom stereocenters. The van der Waals surface area contributed by atoms with Crippen molar-refractivity contribution in [3.05, 3.63) is 24.3 Å². The molecule has 0 aromatic heterocycles. The summed E-state index contributed by atoms with van der Waals surface area (Å²) in [4.78, 5) is 11.0. The molecule has 0 radical (unpaired) electrons. The summed E-state index contributed by atoms with van der Waals surface area (Å²) in [6.07, 6.45) is 11.0. The molecule has 0 heterocycles. The van der Waals surface area contributed by atoms with Crippen molar-refractivity contribution in [2.45, 2.75) is 38.1 Å². The van der Waals surface area contributed by atoms with E-state index in [4.69, 9.17) is 10.8 Å². The van der Waals surface area contributed by atoms with Gasteiger partial charge in [-0.3, -0.25) is 4.79 Å². The number of hydrogen-bond acceptors (Lipinski definition) is 2. The minimum atomic E-state index is -0.838. The Kier molecular flexibility index (Phi) is 4.09. The normalized spacial score (nSPS) is 29.3. The minimum absolute atomic E-state index is 0.584. The molecule has 3 N–H and O–H groups in total. The van der Waals surface area contributed by atoms with E-state index in [0.29, 0.717) is 0 Å². The maximum atomic E-state index is 11.0. The molecule has 0 saturated heterocycles. The fourth-order valence-corrected chi connectivity index (χ4v) is 1.93. The van der Waals surface area contributed by atoms with E-state index in [1.165, 1.54) is 0 Å². The number of carboxylic acids is 1. The summed E-state index contributed by atoms with van der Waals surface area (Å²) in [5.41, 5.74) is 5.43. The zero-order valence-corrected chi connectivity index (χ0v) is 9.15. The van der Waals surface area contributed by atoms with Gasteiger partial charge in [0, 0.05) is 0 Å². The van der Waals surface area contributed by atoms with Gasteiger partial charge >= 0.3 is 5.97 Å². The second-order valence-electron chi connectivity index (χ2n) is 4.13. The summed E-state index contributed by atoms with van der Waals surface area (Å²) >= 11 is 0. The summed E-state index contributed by atoms with van der Waals surface area (Å²) in [6.45, 7) is 2.12. The number of carboxylic acid groups (broad SMARTS) is 1. The van der Waals surface area contributed by atoms with Crippen molar-refractivity contribution in [3.8, 4) is 0 Å². The first kappa shape index (κ1) is 12.0. The van der Waals surface area contributed by atoms with Crippen LogP contribution in [0.1, 0.15) is 32.6 Å². The minimum Gasteiger partial charge on any atom is -0.481 e. The van der Waals surface area contributed by atoms with Crippen molar-refractivity contribution in [1.82, 2.24) is 0 Å². The molecule has 0 aromatic carbocycles. The largest absolute Gasteiger partial charge is 0.481 e. The highest BCUT2D eigenvalue weighted by Gasteiger charge is 2.36. The second-order valence-corrected chi connectivity index (χ2v) is 4.13. The Morgan fingerprint density at radius 1 is 1.47 bits per heavy atom. The van der Waals surface area contributed by atoms with Crippen LogP contribution in [0.15, 0.2) is 24.3 Å². The van der Waals surface area contributed by atoms with Crippen molar-refractivity contribution < 1.29 is 9.90 Å². The molecule has 84 valence electrons. The highest BCUT2D eigenvalue weighted by Crippen LogP contribution is 2.27. The molecule has 3 nitrogen and oxygen atoms in total. The summed E-state index contributed by atoms with van der Waals surface area (Å²) < 4.78 is 0. The topological polar surface area (TPSA) is 63.3 Å². The average Bonchev–Trinajstić information content (AvgIpc) is 2.18. The van der Waals surface area contributed by atoms with Crippen LogP contribution in [-0.2, 0) is 4.79 Å². The first-order chi connectivity index (χ1) is 7.10. The SMILES string of the molecule is CCCCCC1(N)C=CC=CC1C(=O)O. The van der Waals surface area contributed by atoms with Gasteiger partial charge in [0.2, 0.25) is 0 Å². The van der Waals surface area contributed by atoms with Crippen LogP contribution in [0.2, 0.25) is 0 Å². The number of allylic oxidation sites excluding steroid dienone is 2. The summed E-state index contributed by atoms with van der Waals surface area (Å²) in [7, 11) is 0. The molecule has 1 aliphatic rings. The summed E-state index contributed by atoms with van der Waals surface area (Å²) in [5, 5.41) is 9.07. The van der Waals surface area contributed by atoms with Crippen LogP contribution in [0.4, 0.5) is 0 Å². The van der Waals surface area contributed by atoms with Crippen molar-refractivity contribution in [2.75, 3.05) is 0 Å². The smallest absolute Gasteiger partial charge is 0.312 e. The van der Waals surface area contributed by atoms with E-state index in [-0.39, 0.29) is 0 Å². The molecule has 0 aromatic rings. The van der Waals surface area contributed by atoms with Gasteiger partial charge in [-0.2, -0.15) is 0 Å². The zero-order chi connectivity index (χ0) is 11.3. The van der Waals surface area contributed by atoms with Crippen molar-refractivity contribution in [2.24, 2.45) is 11.7 Å². The number of carbonyl (C=O) groups is 1. The maximum absolute atomic E-state index is 11.0. The average molecular weight is 209 g/mol. The van der Waals surface area contributed by atoms with Crippen LogP contribution in [-0.4, -0.2) is 16.6 Å². The van der Waals surface area contributed by atoms with Gasteiger partial charge in [-0.05, 0) is 6.42 Å². The van der Waals surface area contributed by atoms with Gasteiger partial charge in [0.1, 0.15) is 0 Å². The van der Waals surface area contributed by atoms with Gasteiger partial charge in [-0.1, -0.05) is 50.5 Å². The molecule has 0 spiro atoms. The Balaban J connectivity index is 2.66. The Bertz CT molecular complexity index is 283. The van der Waals surface area contributed by atoms with E-state index in [9.17, 15) is 4.79 Å². The van der Waals surface area contributed by atoms with E-state index in [2.05, 4.69) is 6.92 Å². The number of hydrogen-bond donors (Lipinski definition) is 2. The van der Waals surface area contributed by atoms with Crippen LogP contribution >= 0.6 is 0 Å². The first-order valence-corrected chi connectivity index (χ1v) is 5.48. The molecular weight excluding hydrogens is 190 g/mol. The van der Waals surface area contributed by atoms with Crippen molar-refractivity contribution in [3.63, 3.8) is 0 Å². The first-order valence-electron chi connectivity index (χ1n) is 5.48. The van der Waals surface area contributed by atoms with Gasteiger partial charge in [-0.15, -0.1) is 0 Å². The molecule has 2 unspecified atom stereocenters. The monoisotopic (exact) mass is 209 g/mol. The van der Waals surface area contributed by atoms with Crippen LogP contribution in [0.3, 0.4) is 0 Å². The van der Waals surface area contributed by atoms with Gasteiger partial charge in [-0.25, -0.2) is 0 Å². The van der Waals surface area contributed by atoms with Gasteiger partial charge in [0.15, 0.2) is 0 Å². The highest BCUT2D eigenvalue weighted by molar-refractivity contribution is 5.75. The molecule has 0 fully saturated rings.